The molecular weight excluding hydrogens is 424 g/mol. The SMILES string of the molecule is Cc1ccc2sc(N(Cc3cccnc3)C(=O)Cn3c(=O)oc4ccccc43)nc2c1C. The molecule has 7 nitrogen and oxygen atoms in total. The first kappa shape index (κ1) is 20.1. The molecule has 0 saturated heterocycles. The summed E-state index contributed by atoms with van der Waals surface area (Å²) < 4.78 is 7.66. The van der Waals surface area contributed by atoms with E-state index < -0.39 is 5.76 Å². The van der Waals surface area contributed by atoms with Crippen molar-refractivity contribution in [1.82, 2.24) is 14.5 Å². The Morgan fingerprint density at radius 2 is 1.97 bits per heavy atom. The topological polar surface area (TPSA) is 81.2 Å². The molecule has 8 heteroatoms. The first-order valence-corrected chi connectivity index (χ1v) is 11.0. The van der Waals surface area contributed by atoms with Crippen LogP contribution in [0.25, 0.3) is 21.3 Å². The van der Waals surface area contributed by atoms with E-state index in [4.69, 9.17) is 9.40 Å². The third kappa shape index (κ3) is 3.58. The minimum absolute atomic E-state index is 0.149. The predicted octanol–water partition coefficient (Wildman–Crippen LogP) is 4.45. The van der Waals surface area contributed by atoms with Crippen molar-refractivity contribution < 1.29 is 9.21 Å². The minimum Gasteiger partial charge on any atom is -0.408 e. The number of carbonyl (C=O) groups excluding carboxylic acids is 1. The number of thiazole rings is 1. The maximum atomic E-state index is 13.5. The first-order valence-electron chi connectivity index (χ1n) is 10.2. The number of oxazole rings is 1. The molecule has 0 bridgehead atoms. The normalized spacial score (nSPS) is 11.3. The third-order valence-corrected chi connectivity index (χ3v) is 6.58. The van der Waals surface area contributed by atoms with Crippen molar-refractivity contribution >= 4 is 43.7 Å². The van der Waals surface area contributed by atoms with Crippen LogP contribution in [0.3, 0.4) is 0 Å². The lowest BCUT2D eigenvalue weighted by atomic mass is 10.1. The maximum absolute atomic E-state index is 13.5. The largest absolute Gasteiger partial charge is 0.420 e. The zero-order chi connectivity index (χ0) is 22.2. The van der Waals surface area contributed by atoms with E-state index in [1.54, 1.807) is 35.5 Å². The van der Waals surface area contributed by atoms with Crippen LogP contribution in [-0.2, 0) is 17.9 Å². The first-order chi connectivity index (χ1) is 15.5. The number of aromatic nitrogens is 3. The van der Waals surface area contributed by atoms with Crippen molar-refractivity contribution in [3.05, 3.63) is 88.2 Å². The number of fused-ring (bicyclic) bond motifs is 2. The van der Waals surface area contributed by atoms with Gasteiger partial charge in [0, 0.05) is 12.4 Å². The van der Waals surface area contributed by atoms with Crippen molar-refractivity contribution in [1.29, 1.82) is 0 Å². The highest BCUT2D eigenvalue weighted by atomic mass is 32.1. The van der Waals surface area contributed by atoms with Gasteiger partial charge in [0.1, 0.15) is 6.54 Å². The van der Waals surface area contributed by atoms with E-state index in [0.717, 1.165) is 26.9 Å². The lowest BCUT2D eigenvalue weighted by molar-refractivity contribution is -0.119. The van der Waals surface area contributed by atoms with Gasteiger partial charge in [-0.3, -0.25) is 19.2 Å². The second-order valence-corrected chi connectivity index (χ2v) is 8.62. The van der Waals surface area contributed by atoms with Crippen molar-refractivity contribution in [3.63, 3.8) is 0 Å². The number of anilines is 1. The molecule has 0 unspecified atom stereocenters. The molecule has 5 aromatic rings. The van der Waals surface area contributed by atoms with Gasteiger partial charge in [-0.25, -0.2) is 9.78 Å². The van der Waals surface area contributed by atoms with Crippen LogP contribution in [0.5, 0.6) is 0 Å². The Labute approximate surface area is 187 Å². The van der Waals surface area contributed by atoms with Crippen molar-refractivity contribution in [3.8, 4) is 0 Å². The molecule has 0 fully saturated rings. The zero-order valence-electron chi connectivity index (χ0n) is 17.6. The number of rotatable bonds is 5. The molecule has 0 aliphatic rings. The molecule has 0 aliphatic carbocycles. The third-order valence-electron chi connectivity index (χ3n) is 5.54. The Kier molecular flexibility index (Phi) is 5.07. The summed E-state index contributed by atoms with van der Waals surface area (Å²) in [5.41, 5.74) is 5.04. The van der Waals surface area contributed by atoms with E-state index in [9.17, 15) is 9.59 Å². The summed E-state index contributed by atoms with van der Waals surface area (Å²) in [4.78, 5) is 36.5. The summed E-state index contributed by atoms with van der Waals surface area (Å²) in [6, 6.07) is 14.9. The van der Waals surface area contributed by atoms with Gasteiger partial charge in [-0.2, -0.15) is 0 Å². The van der Waals surface area contributed by atoms with Crippen molar-refractivity contribution in [2.45, 2.75) is 26.9 Å². The van der Waals surface area contributed by atoms with Crippen LogP contribution in [0.15, 0.2) is 70.1 Å². The quantitative estimate of drug-likeness (QED) is 0.400. The molecule has 2 aromatic carbocycles. The summed E-state index contributed by atoms with van der Waals surface area (Å²) >= 11 is 1.46. The molecule has 0 atom stereocenters. The molecule has 3 heterocycles. The van der Waals surface area contributed by atoms with E-state index in [2.05, 4.69) is 11.1 Å². The average Bonchev–Trinajstić information content (AvgIpc) is 3.37. The summed E-state index contributed by atoms with van der Waals surface area (Å²) in [6.45, 7) is 4.23. The molecule has 3 aromatic heterocycles. The van der Waals surface area contributed by atoms with Crippen LogP contribution in [0, 0.1) is 13.8 Å². The molecule has 0 radical (unpaired) electrons. The highest BCUT2D eigenvalue weighted by molar-refractivity contribution is 7.22. The standard InChI is InChI=1S/C24H20N4O3S/c1-15-9-10-20-22(16(15)2)26-23(32-20)28(13-17-6-5-11-25-12-17)21(29)14-27-18-7-3-4-8-19(18)31-24(27)30/h3-12H,13-14H2,1-2H3. The molecule has 0 aliphatic heterocycles. The predicted molar refractivity (Wildman–Crippen MR) is 125 cm³/mol. The second kappa shape index (κ2) is 8.05. The lowest BCUT2D eigenvalue weighted by Gasteiger charge is -2.20. The number of aryl methyl sites for hydroxylation is 2. The number of para-hydroxylation sites is 2. The maximum Gasteiger partial charge on any atom is 0.420 e. The van der Waals surface area contributed by atoms with Gasteiger partial charge in [0.15, 0.2) is 10.7 Å². The Balaban J connectivity index is 1.56. The van der Waals surface area contributed by atoms with Gasteiger partial charge in [-0.05, 0) is 54.8 Å². The van der Waals surface area contributed by atoms with E-state index in [0.29, 0.717) is 22.8 Å². The summed E-state index contributed by atoms with van der Waals surface area (Å²) in [6.07, 6.45) is 3.42. The monoisotopic (exact) mass is 444 g/mol. The number of benzene rings is 2. The summed E-state index contributed by atoms with van der Waals surface area (Å²) in [5.74, 6) is -0.812. The second-order valence-electron chi connectivity index (χ2n) is 7.61. The highest BCUT2D eigenvalue weighted by Gasteiger charge is 2.23. The fourth-order valence-electron chi connectivity index (χ4n) is 3.65. The molecule has 0 N–H and O–H groups in total. The van der Waals surface area contributed by atoms with Crippen LogP contribution in [0.4, 0.5) is 5.13 Å². The Morgan fingerprint density at radius 3 is 2.78 bits per heavy atom. The minimum atomic E-state index is -0.559. The smallest absolute Gasteiger partial charge is 0.408 e. The van der Waals surface area contributed by atoms with Gasteiger partial charge in [0.2, 0.25) is 5.91 Å². The van der Waals surface area contributed by atoms with Gasteiger partial charge >= 0.3 is 5.76 Å². The number of amides is 1. The van der Waals surface area contributed by atoms with Gasteiger partial charge < -0.3 is 4.42 Å². The van der Waals surface area contributed by atoms with Gasteiger partial charge in [-0.1, -0.05) is 35.6 Å². The molecule has 5 rings (SSSR count). The van der Waals surface area contributed by atoms with E-state index in [1.165, 1.54) is 15.9 Å². The van der Waals surface area contributed by atoms with Crippen molar-refractivity contribution in [2.24, 2.45) is 0 Å². The van der Waals surface area contributed by atoms with E-state index in [1.807, 2.05) is 38.1 Å². The van der Waals surface area contributed by atoms with E-state index >= 15 is 0 Å². The fraction of sp³-hybridized carbons (Fsp3) is 0.167. The van der Waals surface area contributed by atoms with Gasteiger partial charge in [0.05, 0.1) is 22.3 Å². The Morgan fingerprint density at radius 1 is 1.12 bits per heavy atom. The van der Waals surface area contributed by atoms with Crippen LogP contribution in [0.1, 0.15) is 16.7 Å². The highest BCUT2D eigenvalue weighted by Crippen LogP contribution is 2.33. The van der Waals surface area contributed by atoms with Crippen LogP contribution < -0.4 is 10.7 Å². The zero-order valence-corrected chi connectivity index (χ0v) is 18.4. The molecule has 0 spiro atoms. The average molecular weight is 445 g/mol. The van der Waals surface area contributed by atoms with Crippen LogP contribution >= 0.6 is 11.3 Å². The molecule has 32 heavy (non-hydrogen) atoms. The molecular formula is C24H20N4O3S. The number of carbonyl (C=O) groups is 1. The lowest BCUT2D eigenvalue weighted by Crippen LogP contribution is -2.35. The number of nitrogens with zero attached hydrogens (tertiary/aromatic N) is 4. The van der Waals surface area contributed by atoms with Crippen LogP contribution in [0.2, 0.25) is 0 Å². The number of hydrogen-bond acceptors (Lipinski definition) is 6. The Bertz CT molecular complexity index is 1500. The summed E-state index contributed by atoms with van der Waals surface area (Å²) in [5, 5.41) is 0.586. The molecule has 160 valence electrons. The number of hydrogen-bond donors (Lipinski definition) is 0. The van der Waals surface area contributed by atoms with Gasteiger partial charge in [0.25, 0.3) is 0 Å². The number of pyridine rings is 1. The van der Waals surface area contributed by atoms with Gasteiger partial charge in [-0.15, -0.1) is 0 Å². The molecule has 1 amide bonds. The van der Waals surface area contributed by atoms with Crippen LogP contribution in [-0.4, -0.2) is 20.4 Å². The fourth-order valence-corrected chi connectivity index (χ4v) is 4.69. The van der Waals surface area contributed by atoms with Crippen molar-refractivity contribution in [2.75, 3.05) is 4.90 Å². The Hall–Kier alpha value is -3.78. The molecule has 0 saturated carbocycles. The van der Waals surface area contributed by atoms with E-state index in [-0.39, 0.29) is 12.5 Å². The summed E-state index contributed by atoms with van der Waals surface area (Å²) in [7, 11) is 0.